The summed E-state index contributed by atoms with van der Waals surface area (Å²) < 4.78 is 2.03. The van der Waals surface area contributed by atoms with E-state index in [0.29, 0.717) is 0 Å². The number of H-pyrrole nitrogens is 1. The minimum atomic E-state index is 0.832. The maximum atomic E-state index is 4.55. The first-order chi connectivity index (χ1) is 8.69. The Morgan fingerprint density at radius 2 is 2.11 bits per heavy atom. The molecule has 0 saturated carbocycles. The molecule has 0 unspecified atom stereocenters. The molecule has 0 saturated heterocycles. The van der Waals surface area contributed by atoms with Gasteiger partial charge >= 0.3 is 0 Å². The van der Waals surface area contributed by atoms with Crippen LogP contribution in [0.15, 0.2) is 6.20 Å². The number of nitrogens with zero attached hydrogens (tertiary/aromatic N) is 3. The summed E-state index contributed by atoms with van der Waals surface area (Å²) in [4.78, 5) is 0. The summed E-state index contributed by atoms with van der Waals surface area (Å²) in [5, 5.41) is 15.2. The predicted molar refractivity (Wildman–Crippen MR) is 72.3 cm³/mol. The van der Waals surface area contributed by atoms with E-state index in [-0.39, 0.29) is 0 Å². The van der Waals surface area contributed by atoms with Crippen molar-refractivity contribution in [3.05, 3.63) is 23.1 Å². The molecule has 0 aliphatic carbocycles. The number of hydrogen-bond donors (Lipinski definition) is 2. The summed E-state index contributed by atoms with van der Waals surface area (Å²) in [5.74, 6) is 0. The first kappa shape index (κ1) is 12.8. The van der Waals surface area contributed by atoms with Crippen LogP contribution >= 0.6 is 0 Å². The van der Waals surface area contributed by atoms with E-state index in [0.717, 1.165) is 31.0 Å². The van der Waals surface area contributed by atoms with Gasteiger partial charge in [-0.3, -0.25) is 9.78 Å². The largest absolute Gasteiger partial charge is 0.313 e. The average molecular weight is 247 g/mol. The molecular formula is C13H21N5. The number of aromatic nitrogens is 4. The molecule has 2 aromatic rings. The smallest absolute Gasteiger partial charge is 0.0732 e. The zero-order valence-corrected chi connectivity index (χ0v) is 11.5. The molecule has 0 radical (unpaired) electrons. The summed E-state index contributed by atoms with van der Waals surface area (Å²) in [5.41, 5.74) is 5.71. The van der Waals surface area contributed by atoms with Crippen molar-refractivity contribution in [1.82, 2.24) is 25.3 Å². The molecule has 18 heavy (non-hydrogen) atoms. The molecule has 0 aromatic carbocycles. The second kappa shape index (κ2) is 5.35. The van der Waals surface area contributed by atoms with Crippen LogP contribution in [0.3, 0.4) is 0 Å². The standard InChI is InChI=1S/C13H21N5/c1-5-14-7-11-8-15-16-13(11)12-9(3)17-18(6-2)10(12)4/h8,14H,5-7H2,1-4H3,(H,15,16). The Morgan fingerprint density at radius 3 is 2.72 bits per heavy atom. The number of aryl methyl sites for hydroxylation is 2. The van der Waals surface area contributed by atoms with Gasteiger partial charge in [0.25, 0.3) is 0 Å². The number of nitrogens with one attached hydrogen (secondary N) is 2. The number of aromatic amines is 1. The third-order valence-electron chi connectivity index (χ3n) is 3.21. The molecule has 0 bridgehead atoms. The molecule has 2 N–H and O–H groups in total. The summed E-state index contributed by atoms with van der Waals surface area (Å²) in [6.45, 7) is 11.0. The van der Waals surface area contributed by atoms with Crippen LogP contribution in [0.25, 0.3) is 11.3 Å². The van der Waals surface area contributed by atoms with Gasteiger partial charge in [0.15, 0.2) is 0 Å². The zero-order chi connectivity index (χ0) is 13.1. The maximum Gasteiger partial charge on any atom is 0.0732 e. The topological polar surface area (TPSA) is 58.5 Å². The molecule has 2 rings (SSSR count). The highest BCUT2D eigenvalue weighted by Gasteiger charge is 2.17. The van der Waals surface area contributed by atoms with Crippen molar-refractivity contribution >= 4 is 0 Å². The molecule has 0 amide bonds. The quantitative estimate of drug-likeness (QED) is 0.850. The second-order valence-electron chi connectivity index (χ2n) is 4.41. The van der Waals surface area contributed by atoms with Gasteiger partial charge < -0.3 is 5.32 Å². The first-order valence-electron chi connectivity index (χ1n) is 6.46. The Hall–Kier alpha value is -1.62. The SMILES string of the molecule is CCNCc1cn[nH]c1-c1c(C)nn(CC)c1C. The van der Waals surface area contributed by atoms with Crippen molar-refractivity contribution in [1.29, 1.82) is 0 Å². The Kier molecular flexibility index (Phi) is 3.81. The predicted octanol–water partition coefficient (Wildman–Crippen LogP) is 2.02. The third-order valence-corrected chi connectivity index (χ3v) is 3.21. The first-order valence-corrected chi connectivity index (χ1v) is 6.46. The van der Waals surface area contributed by atoms with Gasteiger partial charge in [-0.25, -0.2) is 0 Å². The molecule has 98 valence electrons. The van der Waals surface area contributed by atoms with Crippen molar-refractivity contribution in [2.75, 3.05) is 6.54 Å². The lowest BCUT2D eigenvalue weighted by atomic mass is 10.1. The normalized spacial score (nSPS) is 11.1. The van der Waals surface area contributed by atoms with E-state index >= 15 is 0 Å². The lowest BCUT2D eigenvalue weighted by Gasteiger charge is -2.05. The molecule has 5 heteroatoms. The van der Waals surface area contributed by atoms with Crippen molar-refractivity contribution in [3.63, 3.8) is 0 Å². The monoisotopic (exact) mass is 247 g/mol. The molecule has 0 aliphatic heterocycles. The van der Waals surface area contributed by atoms with E-state index in [9.17, 15) is 0 Å². The fourth-order valence-corrected chi connectivity index (χ4v) is 2.29. The molecule has 0 spiro atoms. The van der Waals surface area contributed by atoms with Crippen LogP contribution in [0.5, 0.6) is 0 Å². The van der Waals surface area contributed by atoms with Gasteiger partial charge in [0, 0.05) is 29.9 Å². The van der Waals surface area contributed by atoms with E-state index in [4.69, 9.17) is 0 Å². The highest BCUT2D eigenvalue weighted by atomic mass is 15.3. The summed E-state index contributed by atoms with van der Waals surface area (Å²) >= 11 is 0. The Labute approximate surface area is 108 Å². The molecule has 5 nitrogen and oxygen atoms in total. The van der Waals surface area contributed by atoms with Crippen LogP contribution in [0.2, 0.25) is 0 Å². The third kappa shape index (κ3) is 2.18. The van der Waals surface area contributed by atoms with Crippen molar-refractivity contribution in [3.8, 4) is 11.3 Å². The molecule has 0 aliphatic rings. The van der Waals surface area contributed by atoms with Crippen LogP contribution in [0.1, 0.15) is 30.8 Å². The van der Waals surface area contributed by atoms with Crippen LogP contribution in [0, 0.1) is 13.8 Å². The van der Waals surface area contributed by atoms with E-state index in [2.05, 4.69) is 41.4 Å². The van der Waals surface area contributed by atoms with Crippen LogP contribution in [-0.4, -0.2) is 26.5 Å². The van der Waals surface area contributed by atoms with Crippen molar-refractivity contribution in [2.45, 2.75) is 40.8 Å². The fraction of sp³-hybridized carbons (Fsp3) is 0.538. The molecule has 2 aromatic heterocycles. The van der Waals surface area contributed by atoms with E-state index in [1.54, 1.807) is 0 Å². The number of hydrogen-bond acceptors (Lipinski definition) is 3. The lowest BCUT2D eigenvalue weighted by molar-refractivity contribution is 0.634. The van der Waals surface area contributed by atoms with Gasteiger partial charge in [0.1, 0.15) is 0 Å². The van der Waals surface area contributed by atoms with Gasteiger partial charge in [-0.2, -0.15) is 10.2 Å². The second-order valence-corrected chi connectivity index (χ2v) is 4.41. The van der Waals surface area contributed by atoms with Gasteiger partial charge in [-0.05, 0) is 27.3 Å². The highest BCUT2D eigenvalue weighted by molar-refractivity contribution is 5.67. The van der Waals surface area contributed by atoms with Gasteiger partial charge in [-0.15, -0.1) is 0 Å². The highest BCUT2D eigenvalue weighted by Crippen LogP contribution is 2.27. The Bertz CT molecular complexity index is 523. The fourth-order valence-electron chi connectivity index (χ4n) is 2.29. The Morgan fingerprint density at radius 1 is 1.33 bits per heavy atom. The minimum Gasteiger partial charge on any atom is -0.313 e. The van der Waals surface area contributed by atoms with Crippen LogP contribution in [-0.2, 0) is 13.1 Å². The van der Waals surface area contributed by atoms with Gasteiger partial charge in [0.05, 0.1) is 17.6 Å². The minimum absolute atomic E-state index is 0.832. The van der Waals surface area contributed by atoms with Gasteiger partial charge in [0.2, 0.25) is 0 Å². The molecule has 0 atom stereocenters. The van der Waals surface area contributed by atoms with E-state index < -0.39 is 0 Å². The average Bonchev–Trinajstić information content (AvgIpc) is 2.91. The van der Waals surface area contributed by atoms with Crippen molar-refractivity contribution < 1.29 is 0 Å². The molecule has 0 fully saturated rings. The summed E-state index contributed by atoms with van der Waals surface area (Å²) in [7, 11) is 0. The van der Waals surface area contributed by atoms with Crippen LogP contribution < -0.4 is 5.32 Å². The zero-order valence-electron chi connectivity index (χ0n) is 11.5. The maximum absolute atomic E-state index is 4.55. The summed E-state index contributed by atoms with van der Waals surface area (Å²) in [6.07, 6.45) is 1.89. The molecule has 2 heterocycles. The summed E-state index contributed by atoms with van der Waals surface area (Å²) in [6, 6.07) is 0. The lowest BCUT2D eigenvalue weighted by Crippen LogP contribution is -2.12. The van der Waals surface area contributed by atoms with E-state index in [1.807, 2.05) is 17.8 Å². The molecular weight excluding hydrogens is 226 g/mol. The van der Waals surface area contributed by atoms with E-state index in [1.165, 1.54) is 16.8 Å². The Balaban J connectivity index is 2.42. The number of rotatable bonds is 5. The van der Waals surface area contributed by atoms with Crippen molar-refractivity contribution in [2.24, 2.45) is 0 Å². The van der Waals surface area contributed by atoms with Gasteiger partial charge in [-0.1, -0.05) is 6.92 Å². The van der Waals surface area contributed by atoms with Crippen LogP contribution in [0.4, 0.5) is 0 Å².